The normalized spacial score (nSPS) is 12.3. The predicted molar refractivity (Wildman–Crippen MR) is 102 cm³/mol. The molecule has 0 aliphatic heterocycles. The molecule has 4 nitrogen and oxygen atoms in total. The maximum atomic E-state index is 12.6. The van der Waals surface area contributed by atoms with Crippen molar-refractivity contribution in [3.05, 3.63) is 34.4 Å². The Morgan fingerprint density at radius 3 is 2.04 bits per heavy atom. The van der Waals surface area contributed by atoms with Gasteiger partial charge in [0.05, 0.1) is 5.56 Å². The summed E-state index contributed by atoms with van der Waals surface area (Å²) in [6.07, 6.45) is 1.08. The van der Waals surface area contributed by atoms with Crippen LogP contribution in [0, 0.1) is 20.8 Å². The Morgan fingerprint density at radius 1 is 1.08 bits per heavy atom. The SMILES string of the molecule is CCO[Si](C)(CCC[P+](=O)C(=O)c1c(C)cc(C)cc1C)OCC. The quantitative estimate of drug-likeness (QED) is 0.424. The fourth-order valence-corrected chi connectivity index (χ4v) is 7.04. The fourth-order valence-electron chi connectivity index (χ4n) is 3.08. The van der Waals surface area contributed by atoms with Crippen LogP contribution < -0.4 is 0 Å². The van der Waals surface area contributed by atoms with Crippen LogP contribution in [0.4, 0.5) is 0 Å². The number of carbonyl (C=O) groups is 1. The van der Waals surface area contributed by atoms with Crippen molar-refractivity contribution < 1.29 is 18.2 Å². The first kappa shape index (κ1) is 21.2. The molecule has 0 spiro atoms. The van der Waals surface area contributed by atoms with E-state index in [1.807, 2.05) is 53.3 Å². The van der Waals surface area contributed by atoms with Gasteiger partial charge >= 0.3 is 21.9 Å². The van der Waals surface area contributed by atoms with E-state index in [1.165, 1.54) is 0 Å². The molecule has 0 radical (unpaired) electrons. The van der Waals surface area contributed by atoms with Crippen molar-refractivity contribution >= 4 is 21.9 Å². The lowest BCUT2D eigenvalue weighted by Gasteiger charge is -2.25. The molecule has 0 heterocycles. The molecule has 0 amide bonds. The average molecular weight is 369 g/mol. The Morgan fingerprint density at radius 2 is 1.58 bits per heavy atom. The highest BCUT2D eigenvalue weighted by molar-refractivity contribution is 7.64. The van der Waals surface area contributed by atoms with Gasteiger partial charge in [-0.05, 0) is 64.8 Å². The van der Waals surface area contributed by atoms with E-state index in [-0.39, 0.29) is 5.52 Å². The first-order valence-corrected chi connectivity index (χ1v) is 12.6. The summed E-state index contributed by atoms with van der Waals surface area (Å²) < 4.78 is 24.0. The number of hydrogen-bond acceptors (Lipinski definition) is 4. The van der Waals surface area contributed by atoms with Gasteiger partial charge in [0.15, 0.2) is 6.16 Å². The molecule has 0 N–H and O–H groups in total. The molecule has 0 fully saturated rings. The number of rotatable bonds is 10. The Hall–Kier alpha value is -0.873. The molecule has 0 bridgehead atoms. The van der Waals surface area contributed by atoms with E-state index in [0.717, 1.165) is 22.7 Å². The molecule has 0 saturated carbocycles. The summed E-state index contributed by atoms with van der Waals surface area (Å²) in [5.41, 5.74) is 3.33. The summed E-state index contributed by atoms with van der Waals surface area (Å²) in [4.78, 5) is 12.6. The largest absolute Gasteiger partial charge is 0.420 e. The first-order valence-electron chi connectivity index (χ1n) is 8.58. The summed E-state index contributed by atoms with van der Waals surface area (Å²) in [5, 5.41) is 0. The summed E-state index contributed by atoms with van der Waals surface area (Å²) in [5.74, 6) is 0. The van der Waals surface area contributed by atoms with Gasteiger partial charge in [0.25, 0.3) is 0 Å². The molecular formula is C18H30O4PSi+. The van der Waals surface area contributed by atoms with E-state index in [1.54, 1.807) is 0 Å². The maximum absolute atomic E-state index is 12.6. The zero-order chi connectivity index (χ0) is 18.3. The van der Waals surface area contributed by atoms with Crippen molar-refractivity contribution in [2.45, 2.75) is 53.6 Å². The molecule has 1 aromatic carbocycles. The third-order valence-electron chi connectivity index (χ3n) is 4.01. The van der Waals surface area contributed by atoms with Crippen LogP contribution in [0.1, 0.15) is 47.3 Å². The number of carbonyl (C=O) groups excluding carboxylic acids is 1. The summed E-state index contributed by atoms with van der Waals surface area (Å²) in [6.45, 7) is 13.0. The topological polar surface area (TPSA) is 52.6 Å². The molecule has 0 aliphatic rings. The highest BCUT2D eigenvalue weighted by Crippen LogP contribution is 2.32. The van der Waals surface area contributed by atoms with Crippen molar-refractivity contribution in [3.63, 3.8) is 0 Å². The Bertz CT molecular complexity index is 572. The molecule has 1 atom stereocenters. The third kappa shape index (κ3) is 5.89. The van der Waals surface area contributed by atoms with E-state index in [9.17, 15) is 9.36 Å². The minimum atomic E-state index is -2.20. The Balaban J connectivity index is 2.70. The standard InChI is InChI=1S/C18H30O4PSi/c1-7-21-24(6,22-8-2)11-9-10-23(20)18(19)17-15(4)12-14(3)13-16(17)5/h12-13H,7-11H2,1-6H3/q+1. The zero-order valence-electron chi connectivity index (χ0n) is 15.8. The molecule has 24 heavy (non-hydrogen) atoms. The van der Waals surface area contributed by atoms with Crippen LogP contribution in [-0.4, -0.2) is 33.5 Å². The number of hydrogen-bond donors (Lipinski definition) is 0. The van der Waals surface area contributed by atoms with Crippen molar-refractivity contribution in [2.75, 3.05) is 19.4 Å². The second-order valence-corrected chi connectivity index (χ2v) is 11.2. The van der Waals surface area contributed by atoms with E-state index in [0.29, 0.717) is 31.4 Å². The fraction of sp³-hybridized carbons (Fsp3) is 0.611. The minimum absolute atomic E-state index is 0.226. The minimum Gasteiger partial charge on any atom is -0.395 e. The van der Waals surface area contributed by atoms with Crippen LogP contribution in [0.5, 0.6) is 0 Å². The Labute approximate surface area is 148 Å². The van der Waals surface area contributed by atoms with Crippen LogP contribution in [0.3, 0.4) is 0 Å². The van der Waals surface area contributed by atoms with Gasteiger partial charge in [-0.1, -0.05) is 22.3 Å². The molecule has 6 heteroatoms. The van der Waals surface area contributed by atoms with Gasteiger partial charge in [-0.3, -0.25) is 0 Å². The van der Waals surface area contributed by atoms with Gasteiger partial charge in [0.1, 0.15) is 0 Å². The second kappa shape index (κ2) is 9.57. The zero-order valence-corrected chi connectivity index (χ0v) is 17.7. The van der Waals surface area contributed by atoms with E-state index in [2.05, 4.69) is 0 Å². The lowest BCUT2D eigenvalue weighted by molar-refractivity contribution is 0.107. The van der Waals surface area contributed by atoms with Crippen LogP contribution >= 0.6 is 7.80 Å². The maximum Gasteiger partial charge on any atom is 0.420 e. The molecule has 1 rings (SSSR count). The van der Waals surface area contributed by atoms with Crippen molar-refractivity contribution in [1.29, 1.82) is 0 Å². The summed E-state index contributed by atoms with van der Waals surface area (Å²) in [6, 6.07) is 4.70. The van der Waals surface area contributed by atoms with Crippen molar-refractivity contribution in [1.82, 2.24) is 0 Å². The van der Waals surface area contributed by atoms with Crippen LogP contribution in [0.2, 0.25) is 12.6 Å². The van der Waals surface area contributed by atoms with Crippen LogP contribution in [0.25, 0.3) is 0 Å². The summed E-state index contributed by atoms with van der Waals surface area (Å²) >= 11 is 0. The second-order valence-electron chi connectivity index (χ2n) is 6.28. The van der Waals surface area contributed by atoms with Gasteiger partial charge < -0.3 is 8.85 Å². The predicted octanol–water partition coefficient (Wildman–Crippen LogP) is 5.11. The molecule has 0 aliphatic carbocycles. The monoisotopic (exact) mass is 369 g/mol. The van der Waals surface area contributed by atoms with Gasteiger partial charge in [-0.2, -0.15) is 0 Å². The number of benzene rings is 1. The molecular weight excluding hydrogens is 339 g/mol. The van der Waals surface area contributed by atoms with Crippen LogP contribution in [0.15, 0.2) is 12.1 Å². The molecule has 1 aromatic rings. The smallest absolute Gasteiger partial charge is 0.395 e. The highest BCUT2D eigenvalue weighted by Gasteiger charge is 2.35. The lowest BCUT2D eigenvalue weighted by atomic mass is 10.0. The van der Waals surface area contributed by atoms with Crippen molar-refractivity contribution in [3.8, 4) is 0 Å². The van der Waals surface area contributed by atoms with Gasteiger partial charge in [0, 0.05) is 13.2 Å². The Kier molecular flexibility index (Phi) is 8.44. The van der Waals surface area contributed by atoms with Crippen LogP contribution in [-0.2, 0) is 13.4 Å². The van der Waals surface area contributed by atoms with E-state index >= 15 is 0 Å². The average Bonchev–Trinajstić information content (AvgIpc) is 2.46. The van der Waals surface area contributed by atoms with E-state index < -0.39 is 16.4 Å². The molecule has 134 valence electrons. The van der Waals surface area contributed by atoms with Gasteiger partial charge in [-0.25, -0.2) is 4.79 Å². The summed E-state index contributed by atoms with van der Waals surface area (Å²) in [7, 11) is -4.11. The number of aryl methyl sites for hydroxylation is 3. The molecule has 0 aromatic heterocycles. The lowest BCUT2D eigenvalue weighted by Crippen LogP contribution is -2.38. The molecule has 0 saturated heterocycles. The highest BCUT2D eigenvalue weighted by atomic mass is 31.1. The third-order valence-corrected chi connectivity index (χ3v) is 8.47. The van der Waals surface area contributed by atoms with E-state index in [4.69, 9.17) is 8.85 Å². The van der Waals surface area contributed by atoms with Crippen molar-refractivity contribution in [2.24, 2.45) is 0 Å². The van der Waals surface area contributed by atoms with Gasteiger partial charge in [0.2, 0.25) is 0 Å². The first-order chi connectivity index (χ1) is 11.2. The van der Waals surface area contributed by atoms with Gasteiger partial charge in [-0.15, -0.1) is 0 Å². The molecule has 1 unspecified atom stereocenters.